The first-order chi connectivity index (χ1) is 25.6. The number of carbonyl (C=O) groups is 5. The summed E-state index contributed by atoms with van der Waals surface area (Å²) in [7, 11) is 0. The van der Waals surface area contributed by atoms with Crippen molar-refractivity contribution in [2.75, 3.05) is 32.7 Å². The lowest BCUT2D eigenvalue weighted by Crippen LogP contribution is -2.64. The molecule has 3 amide bonds. The number of hydrogen-bond donors (Lipinski definition) is 2. The van der Waals surface area contributed by atoms with Crippen molar-refractivity contribution >= 4 is 29.3 Å². The van der Waals surface area contributed by atoms with Crippen LogP contribution in [0.5, 0.6) is 0 Å². The number of Topliss-reactive ketones (excluding diaryl/α,β-unsaturated/α-hetero) is 2. The highest BCUT2D eigenvalue weighted by molar-refractivity contribution is 5.94. The molecule has 0 saturated carbocycles. The van der Waals surface area contributed by atoms with Gasteiger partial charge in [0, 0.05) is 62.2 Å². The van der Waals surface area contributed by atoms with Crippen LogP contribution in [-0.2, 0) is 36.8 Å². The van der Waals surface area contributed by atoms with Crippen molar-refractivity contribution in [3.8, 4) is 0 Å². The van der Waals surface area contributed by atoms with Crippen LogP contribution in [0.3, 0.4) is 0 Å². The van der Waals surface area contributed by atoms with Crippen molar-refractivity contribution in [3.63, 3.8) is 0 Å². The Morgan fingerprint density at radius 2 is 1.33 bits per heavy atom. The molecular formula is C42H57F3N4O5. The summed E-state index contributed by atoms with van der Waals surface area (Å²) in [5.41, 5.74) is 7.25. The van der Waals surface area contributed by atoms with E-state index in [-0.39, 0.29) is 61.1 Å². The minimum absolute atomic E-state index is 0.0190. The molecule has 3 N–H and O–H groups in total. The molecule has 2 aliphatic heterocycles. The molecule has 0 radical (unpaired) electrons. The van der Waals surface area contributed by atoms with Gasteiger partial charge in [-0.2, -0.15) is 13.2 Å². The Balaban J connectivity index is 1.43. The maximum Gasteiger partial charge on any atom is 0.471 e. The SMILES string of the molecule is CC(C)C[C@@H](NC(=O)[C@H](CC(=O)[C@H](C)Cc1ccccc1)Cc1ccccc1)C(=O)C[C@H](CCCCN)C(=O)N1CCC2(CC1)CN(C(=O)C(F)(F)F)C2. The second-order valence-electron chi connectivity index (χ2n) is 16.0. The Morgan fingerprint density at radius 3 is 1.87 bits per heavy atom. The summed E-state index contributed by atoms with van der Waals surface area (Å²) in [6, 6.07) is 18.4. The van der Waals surface area contributed by atoms with Crippen LogP contribution < -0.4 is 11.1 Å². The molecule has 12 heteroatoms. The van der Waals surface area contributed by atoms with Gasteiger partial charge in [0.1, 0.15) is 5.78 Å². The largest absolute Gasteiger partial charge is 0.471 e. The third-order valence-electron chi connectivity index (χ3n) is 11.0. The lowest BCUT2D eigenvalue weighted by atomic mass is 9.71. The van der Waals surface area contributed by atoms with Gasteiger partial charge in [-0.15, -0.1) is 0 Å². The molecule has 2 heterocycles. The molecule has 0 aliphatic carbocycles. The van der Waals surface area contributed by atoms with Crippen molar-refractivity contribution in [2.24, 2.45) is 34.8 Å². The van der Waals surface area contributed by atoms with Gasteiger partial charge >= 0.3 is 12.1 Å². The van der Waals surface area contributed by atoms with Crippen LogP contribution >= 0.6 is 0 Å². The average Bonchev–Trinajstić information content (AvgIpc) is 3.12. The molecule has 296 valence electrons. The summed E-state index contributed by atoms with van der Waals surface area (Å²) in [6.45, 7) is 6.93. The van der Waals surface area contributed by atoms with E-state index in [0.29, 0.717) is 71.0 Å². The second-order valence-corrected chi connectivity index (χ2v) is 16.0. The van der Waals surface area contributed by atoms with E-state index in [1.807, 2.05) is 81.4 Å². The molecule has 4 atom stereocenters. The summed E-state index contributed by atoms with van der Waals surface area (Å²) in [6.07, 6.45) is -1.01. The van der Waals surface area contributed by atoms with Crippen LogP contribution in [-0.4, -0.2) is 84.0 Å². The van der Waals surface area contributed by atoms with Gasteiger partial charge in [-0.05, 0) is 68.5 Å². The monoisotopic (exact) mass is 754 g/mol. The van der Waals surface area contributed by atoms with E-state index in [4.69, 9.17) is 5.73 Å². The van der Waals surface area contributed by atoms with Crippen LogP contribution in [0, 0.1) is 29.1 Å². The molecule has 2 fully saturated rings. The van der Waals surface area contributed by atoms with Crippen LogP contribution in [0.15, 0.2) is 60.7 Å². The molecule has 0 unspecified atom stereocenters. The molecule has 0 aromatic heterocycles. The number of hydrogen-bond acceptors (Lipinski definition) is 6. The predicted octanol–water partition coefficient (Wildman–Crippen LogP) is 5.93. The Morgan fingerprint density at radius 1 is 0.778 bits per heavy atom. The third kappa shape index (κ3) is 12.2. The molecule has 2 saturated heterocycles. The third-order valence-corrected chi connectivity index (χ3v) is 11.0. The number of likely N-dealkylation sites (tertiary alicyclic amines) is 2. The molecule has 2 aliphatic rings. The van der Waals surface area contributed by atoms with Crippen molar-refractivity contribution in [1.82, 2.24) is 15.1 Å². The minimum Gasteiger partial charge on any atom is -0.346 e. The van der Waals surface area contributed by atoms with Gasteiger partial charge in [-0.25, -0.2) is 0 Å². The molecular weight excluding hydrogens is 697 g/mol. The number of alkyl halides is 3. The Labute approximate surface area is 317 Å². The maximum atomic E-state index is 14.1. The summed E-state index contributed by atoms with van der Waals surface area (Å²) in [5, 5.41) is 3.01. The number of nitrogens with zero attached hydrogens (tertiary/aromatic N) is 2. The number of unbranched alkanes of at least 4 members (excludes halogenated alkanes) is 1. The minimum atomic E-state index is -4.91. The average molecular weight is 755 g/mol. The Kier molecular flexibility index (Phi) is 15.4. The topological polar surface area (TPSA) is 130 Å². The van der Waals surface area contributed by atoms with Gasteiger partial charge < -0.3 is 20.9 Å². The van der Waals surface area contributed by atoms with Crippen molar-refractivity contribution in [1.29, 1.82) is 0 Å². The number of amides is 3. The first-order valence-electron chi connectivity index (χ1n) is 19.4. The molecule has 4 rings (SSSR count). The van der Waals surface area contributed by atoms with E-state index in [1.54, 1.807) is 4.90 Å². The number of halogens is 3. The van der Waals surface area contributed by atoms with E-state index >= 15 is 0 Å². The number of benzene rings is 2. The summed E-state index contributed by atoms with van der Waals surface area (Å²) in [5.74, 6) is -4.26. The van der Waals surface area contributed by atoms with E-state index in [2.05, 4.69) is 5.32 Å². The van der Waals surface area contributed by atoms with Gasteiger partial charge in [0.25, 0.3) is 0 Å². The van der Waals surface area contributed by atoms with Gasteiger partial charge in [0.05, 0.1) is 6.04 Å². The van der Waals surface area contributed by atoms with E-state index < -0.39 is 35.4 Å². The van der Waals surface area contributed by atoms with Crippen LogP contribution in [0.2, 0.25) is 0 Å². The normalized spacial score (nSPS) is 17.7. The number of nitrogens with one attached hydrogen (secondary N) is 1. The quantitative estimate of drug-likeness (QED) is 0.171. The zero-order valence-electron chi connectivity index (χ0n) is 31.9. The van der Waals surface area contributed by atoms with Crippen LogP contribution in [0.1, 0.15) is 83.3 Å². The van der Waals surface area contributed by atoms with E-state index in [0.717, 1.165) is 16.0 Å². The predicted molar refractivity (Wildman–Crippen MR) is 201 cm³/mol. The maximum absolute atomic E-state index is 14.1. The lowest BCUT2D eigenvalue weighted by molar-refractivity contribution is -0.198. The molecule has 9 nitrogen and oxygen atoms in total. The number of rotatable bonds is 19. The molecule has 0 bridgehead atoms. The Hall–Kier alpha value is -4.06. The first kappa shape index (κ1) is 42.7. The van der Waals surface area contributed by atoms with Gasteiger partial charge in [-0.3, -0.25) is 24.0 Å². The highest BCUT2D eigenvalue weighted by Crippen LogP contribution is 2.42. The van der Waals surface area contributed by atoms with Gasteiger partial charge in [0.15, 0.2) is 5.78 Å². The molecule has 54 heavy (non-hydrogen) atoms. The zero-order valence-corrected chi connectivity index (χ0v) is 31.9. The molecule has 2 aromatic rings. The fraction of sp³-hybridized carbons (Fsp3) is 0.595. The van der Waals surface area contributed by atoms with E-state index in [9.17, 15) is 37.1 Å². The van der Waals surface area contributed by atoms with Gasteiger partial charge in [-0.1, -0.05) is 87.9 Å². The number of carbonyl (C=O) groups excluding carboxylic acids is 5. The van der Waals surface area contributed by atoms with Crippen molar-refractivity contribution in [2.45, 2.75) is 97.2 Å². The fourth-order valence-corrected chi connectivity index (χ4v) is 7.81. The first-order valence-corrected chi connectivity index (χ1v) is 19.4. The van der Waals surface area contributed by atoms with Crippen molar-refractivity contribution < 1.29 is 37.1 Å². The highest BCUT2D eigenvalue weighted by Gasteiger charge is 2.53. The van der Waals surface area contributed by atoms with Gasteiger partial charge in [0.2, 0.25) is 11.8 Å². The van der Waals surface area contributed by atoms with Crippen LogP contribution in [0.4, 0.5) is 13.2 Å². The fourth-order valence-electron chi connectivity index (χ4n) is 7.81. The van der Waals surface area contributed by atoms with Crippen LogP contribution in [0.25, 0.3) is 0 Å². The van der Waals surface area contributed by atoms with Crippen molar-refractivity contribution in [3.05, 3.63) is 71.8 Å². The number of piperidine rings is 1. The number of ketones is 2. The molecule has 2 aromatic carbocycles. The smallest absolute Gasteiger partial charge is 0.346 e. The summed E-state index contributed by atoms with van der Waals surface area (Å²) in [4.78, 5) is 69.8. The zero-order chi connectivity index (χ0) is 39.5. The lowest BCUT2D eigenvalue weighted by Gasteiger charge is -2.54. The number of nitrogens with two attached hydrogens (primary N) is 1. The second kappa shape index (κ2) is 19.5. The summed E-state index contributed by atoms with van der Waals surface area (Å²) >= 11 is 0. The Bertz CT molecular complexity index is 1550. The standard InChI is InChI=1S/C42H57F3N4O5/c1-29(2)22-35(47-38(52)34(24-32-14-8-5-9-15-32)26-36(50)30(3)23-31-12-6-4-7-13-31)37(51)25-33(16-10-11-19-46)39(53)48-20-17-41(18-21-48)27-49(28-41)40(54)42(43,44)45/h4-9,12-15,29-30,33-35H,10-11,16-28,46H2,1-3H3,(H,47,52)/t30-,33+,34+,35-/m1/s1. The molecule has 1 spiro atoms. The summed E-state index contributed by atoms with van der Waals surface area (Å²) < 4.78 is 38.8. The van der Waals surface area contributed by atoms with E-state index in [1.165, 1.54) is 0 Å². The highest BCUT2D eigenvalue weighted by atomic mass is 19.4.